The molecule has 2 heterocycles. The van der Waals surface area contributed by atoms with Gasteiger partial charge in [-0.05, 0) is 38.0 Å². The number of rotatable bonds is 7. The number of carbonyl (C=O) groups is 1. The fraction of sp³-hybridized carbons (Fsp3) is 0.304. The van der Waals surface area contributed by atoms with Gasteiger partial charge in [0.25, 0.3) is 5.56 Å². The van der Waals surface area contributed by atoms with Crippen molar-refractivity contribution in [2.24, 2.45) is 5.92 Å². The van der Waals surface area contributed by atoms with Gasteiger partial charge in [0.15, 0.2) is 0 Å². The lowest BCUT2D eigenvalue weighted by Gasteiger charge is -2.20. The molecule has 160 valence electrons. The second-order valence-corrected chi connectivity index (χ2v) is 7.67. The van der Waals surface area contributed by atoms with Gasteiger partial charge >= 0.3 is 0 Å². The number of hydrogen-bond donors (Lipinski definition) is 1. The summed E-state index contributed by atoms with van der Waals surface area (Å²) in [4.78, 5) is 29.0. The van der Waals surface area contributed by atoms with Crippen LogP contribution in [0.15, 0.2) is 59.5 Å². The molecule has 0 aliphatic heterocycles. The van der Waals surface area contributed by atoms with Gasteiger partial charge in [0.2, 0.25) is 5.91 Å². The van der Waals surface area contributed by atoms with Crippen LogP contribution in [0.5, 0.6) is 5.75 Å². The molecule has 0 saturated heterocycles. The summed E-state index contributed by atoms with van der Waals surface area (Å²) in [6.45, 7) is 4.34. The molecule has 1 N–H and O–H groups in total. The van der Waals surface area contributed by atoms with E-state index in [-0.39, 0.29) is 24.0 Å². The molecule has 7 nitrogen and oxygen atoms in total. The van der Waals surface area contributed by atoms with Crippen molar-refractivity contribution < 1.29 is 13.9 Å². The summed E-state index contributed by atoms with van der Waals surface area (Å²) >= 11 is 0. The van der Waals surface area contributed by atoms with Crippen LogP contribution in [0.3, 0.4) is 0 Å². The Balaban J connectivity index is 1.55. The zero-order chi connectivity index (χ0) is 22.0. The van der Waals surface area contributed by atoms with Gasteiger partial charge in [-0.15, -0.1) is 0 Å². The fourth-order valence-corrected chi connectivity index (χ4v) is 3.79. The van der Waals surface area contributed by atoms with Crippen LogP contribution in [0.2, 0.25) is 0 Å². The second kappa shape index (κ2) is 8.29. The van der Waals surface area contributed by atoms with Crippen molar-refractivity contribution in [1.29, 1.82) is 0 Å². The van der Waals surface area contributed by atoms with Crippen molar-refractivity contribution in [2.45, 2.75) is 32.2 Å². The number of carbonyl (C=O) groups excluding carboxylic acids is 1. The highest BCUT2D eigenvalue weighted by atomic mass is 19.1. The average molecular weight is 422 g/mol. The van der Waals surface area contributed by atoms with Crippen molar-refractivity contribution in [1.82, 2.24) is 14.8 Å². The van der Waals surface area contributed by atoms with Gasteiger partial charge < -0.3 is 10.1 Å². The molecule has 1 aromatic carbocycles. The number of anilines is 1. The van der Waals surface area contributed by atoms with E-state index in [1.54, 1.807) is 6.92 Å². The largest absolute Gasteiger partial charge is 0.490 e. The van der Waals surface area contributed by atoms with E-state index in [9.17, 15) is 14.0 Å². The van der Waals surface area contributed by atoms with E-state index < -0.39 is 11.2 Å². The summed E-state index contributed by atoms with van der Waals surface area (Å²) in [5.74, 6) is -0.306. The first-order valence-electron chi connectivity index (χ1n) is 10.1. The normalized spacial score (nSPS) is 19.6. The zero-order valence-electron chi connectivity index (χ0n) is 17.3. The Morgan fingerprint density at radius 2 is 2.06 bits per heavy atom. The number of nitrogens with zero attached hydrogens (tertiary/aromatic N) is 3. The first-order chi connectivity index (χ1) is 14.9. The highest BCUT2D eigenvalue weighted by molar-refractivity contribution is 5.95. The summed E-state index contributed by atoms with van der Waals surface area (Å²) in [5.41, 5.74) is 0.832. The molecular formula is C23H23FN4O3. The Hall–Kier alpha value is -3.55. The average Bonchev–Trinajstić information content (AvgIpc) is 3.52. The fourth-order valence-electron chi connectivity index (χ4n) is 3.79. The summed E-state index contributed by atoms with van der Waals surface area (Å²) in [7, 11) is 0. The molecule has 1 fully saturated rings. The minimum Gasteiger partial charge on any atom is -0.490 e. The van der Waals surface area contributed by atoms with Crippen LogP contribution in [0.4, 0.5) is 10.2 Å². The van der Waals surface area contributed by atoms with Crippen LogP contribution in [0, 0.1) is 18.7 Å². The van der Waals surface area contributed by atoms with E-state index in [1.807, 2.05) is 37.3 Å². The minimum atomic E-state index is -0.530. The smallest absolute Gasteiger partial charge is 0.270 e. The number of ether oxygens (including phenoxy) is 1. The molecule has 1 amide bonds. The standard InChI is InChI=1S/C23H23FN4O3/c1-3-28-21(29)11-19(15(2)27-28)31-14-23(16-7-5-4-6-8-16)12-18(23)22(30)26-20-10-9-17(24)13-25-20/h4-11,13,18H,3,12,14H2,1-2H3,(H,25,26,30)/t18-,23+/m0/s1. The Morgan fingerprint density at radius 1 is 1.29 bits per heavy atom. The summed E-state index contributed by atoms with van der Waals surface area (Å²) in [6.07, 6.45) is 1.65. The maximum Gasteiger partial charge on any atom is 0.270 e. The van der Waals surface area contributed by atoms with E-state index in [0.29, 0.717) is 30.2 Å². The lowest BCUT2D eigenvalue weighted by Crippen LogP contribution is -2.28. The first kappa shape index (κ1) is 20.7. The number of benzene rings is 1. The van der Waals surface area contributed by atoms with Crippen LogP contribution in [0.25, 0.3) is 0 Å². The molecule has 4 rings (SSSR count). The minimum absolute atomic E-state index is 0.206. The maximum absolute atomic E-state index is 13.1. The highest BCUT2D eigenvalue weighted by Gasteiger charge is 2.60. The summed E-state index contributed by atoms with van der Waals surface area (Å²) in [6, 6.07) is 13.8. The third kappa shape index (κ3) is 4.19. The van der Waals surface area contributed by atoms with Gasteiger partial charge in [0.1, 0.15) is 23.1 Å². The SMILES string of the molecule is CCn1nc(C)c(OC[C@@]2(c3ccccc3)C[C@H]2C(=O)Nc2ccc(F)cn2)cc1=O. The number of aromatic nitrogens is 3. The molecule has 0 bridgehead atoms. The predicted octanol–water partition coefficient (Wildman–Crippen LogP) is 3.08. The molecule has 2 atom stereocenters. The summed E-state index contributed by atoms with van der Waals surface area (Å²) in [5, 5.41) is 7.01. The lowest BCUT2D eigenvalue weighted by atomic mass is 9.93. The van der Waals surface area contributed by atoms with E-state index in [2.05, 4.69) is 15.4 Å². The van der Waals surface area contributed by atoms with Gasteiger partial charge in [-0.3, -0.25) is 9.59 Å². The zero-order valence-corrected chi connectivity index (χ0v) is 17.3. The molecule has 0 radical (unpaired) electrons. The lowest BCUT2D eigenvalue weighted by molar-refractivity contribution is -0.117. The number of halogens is 1. The van der Waals surface area contributed by atoms with E-state index >= 15 is 0 Å². The van der Waals surface area contributed by atoms with Crippen LogP contribution >= 0.6 is 0 Å². The molecule has 3 aromatic rings. The first-order valence-corrected chi connectivity index (χ1v) is 10.1. The number of nitrogens with one attached hydrogen (secondary N) is 1. The summed E-state index contributed by atoms with van der Waals surface area (Å²) < 4.78 is 20.5. The molecule has 1 saturated carbocycles. The molecule has 0 unspecified atom stereocenters. The molecule has 8 heteroatoms. The topological polar surface area (TPSA) is 86.1 Å². The molecule has 2 aromatic heterocycles. The Morgan fingerprint density at radius 3 is 2.74 bits per heavy atom. The van der Waals surface area contributed by atoms with Gasteiger partial charge in [0, 0.05) is 18.0 Å². The van der Waals surface area contributed by atoms with Crippen molar-refractivity contribution in [3.63, 3.8) is 0 Å². The van der Waals surface area contributed by atoms with Gasteiger partial charge in [0.05, 0.1) is 18.7 Å². The number of aryl methyl sites for hydroxylation is 2. The maximum atomic E-state index is 13.1. The van der Waals surface area contributed by atoms with Crippen molar-refractivity contribution in [3.05, 3.63) is 82.2 Å². The van der Waals surface area contributed by atoms with Gasteiger partial charge in [-0.1, -0.05) is 30.3 Å². The Kier molecular flexibility index (Phi) is 5.54. The molecule has 31 heavy (non-hydrogen) atoms. The molecule has 0 spiro atoms. The third-order valence-electron chi connectivity index (χ3n) is 5.64. The Bertz CT molecular complexity index is 1150. The highest BCUT2D eigenvalue weighted by Crippen LogP contribution is 2.55. The van der Waals surface area contributed by atoms with Crippen molar-refractivity contribution in [3.8, 4) is 5.75 Å². The number of pyridine rings is 1. The van der Waals surface area contributed by atoms with Crippen LogP contribution < -0.4 is 15.6 Å². The van der Waals surface area contributed by atoms with Crippen molar-refractivity contribution in [2.75, 3.05) is 11.9 Å². The predicted molar refractivity (Wildman–Crippen MR) is 113 cm³/mol. The van der Waals surface area contributed by atoms with E-state index in [4.69, 9.17) is 4.74 Å². The monoisotopic (exact) mass is 422 g/mol. The third-order valence-corrected chi connectivity index (χ3v) is 5.64. The van der Waals surface area contributed by atoms with Crippen molar-refractivity contribution >= 4 is 11.7 Å². The molecule has 1 aliphatic rings. The Labute approximate surface area is 178 Å². The van der Waals surface area contributed by atoms with E-state index in [1.165, 1.54) is 22.9 Å². The van der Waals surface area contributed by atoms with Crippen LogP contribution in [0.1, 0.15) is 24.6 Å². The van der Waals surface area contributed by atoms with E-state index in [0.717, 1.165) is 11.8 Å². The molecule has 1 aliphatic carbocycles. The number of amides is 1. The molecular weight excluding hydrogens is 399 g/mol. The van der Waals surface area contributed by atoms with Crippen LogP contribution in [-0.4, -0.2) is 27.3 Å². The van der Waals surface area contributed by atoms with Crippen LogP contribution in [-0.2, 0) is 16.8 Å². The second-order valence-electron chi connectivity index (χ2n) is 7.67. The van der Waals surface area contributed by atoms with Gasteiger partial charge in [-0.2, -0.15) is 5.10 Å². The number of hydrogen-bond acceptors (Lipinski definition) is 5. The quantitative estimate of drug-likeness (QED) is 0.632. The van der Waals surface area contributed by atoms with Gasteiger partial charge in [-0.25, -0.2) is 14.1 Å².